The predicted octanol–water partition coefficient (Wildman–Crippen LogP) is 6.12. The van der Waals surface area contributed by atoms with Gasteiger partial charge in [-0.25, -0.2) is 14.2 Å². The molecule has 0 unspecified atom stereocenters. The Morgan fingerprint density at radius 1 is 1.02 bits per heavy atom. The molecule has 0 spiro atoms. The lowest BCUT2D eigenvalue weighted by molar-refractivity contribution is -0.136. The summed E-state index contributed by atoms with van der Waals surface area (Å²) < 4.78 is 24.7. The first-order valence-electron chi connectivity index (χ1n) is 14.5. The number of carbonyl (C=O) groups excluding carboxylic acids is 2. The van der Waals surface area contributed by atoms with Gasteiger partial charge in [-0.3, -0.25) is 4.90 Å². The van der Waals surface area contributed by atoms with E-state index in [2.05, 4.69) is 4.90 Å². The lowest BCUT2D eigenvalue weighted by Crippen LogP contribution is -2.43. The summed E-state index contributed by atoms with van der Waals surface area (Å²) in [5.74, 6) is 0.315. The van der Waals surface area contributed by atoms with Gasteiger partial charge in [0.05, 0.1) is 49.8 Å². The molecule has 0 bridgehead atoms. The molecule has 3 aliphatic rings. The van der Waals surface area contributed by atoms with Crippen molar-refractivity contribution in [2.24, 2.45) is 0 Å². The van der Waals surface area contributed by atoms with Crippen LogP contribution in [0.25, 0.3) is 10.9 Å². The number of aromatic nitrogens is 1. The smallest absolute Gasteiger partial charge is 0.419 e. The molecule has 3 aromatic rings. The molecule has 1 aromatic heterocycles. The normalized spacial score (nSPS) is 20.4. The van der Waals surface area contributed by atoms with E-state index >= 15 is 0 Å². The van der Waals surface area contributed by atoms with E-state index in [9.17, 15) is 9.59 Å². The molecule has 0 amide bonds. The number of fused-ring (bicyclic) bond motifs is 5. The fourth-order valence-corrected chi connectivity index (χ4v) is 6.54. The Morgan fingerprint density at radius 3 is 2.52 bits per heavy atom. The Kier molecular flexibility index (Phi) is 7.45. The number of hydrogen-bond donors (Lipinski definition) is 0. The van der Waals surface area contributed by atoms with Gasteiger partial charge in [0.2, 0.25) is 0 Å². The lowest BCUT2D eigenvalue weighted by atomic mass is 9.79. The van der Waals surface area contributed by atoms with Gasteiger partial charge in [-0.15, -0.1) is 0 Å². The lowest BCUT2D eigenvalue weighted by Gasteiger charge is -2.43. The van der Waals surface area contributed by atoms with E-state index in [0.29, 0.717) is 37.3 Å². The van der Waals surface area contributed by atoms with Crippen LogP contribution in [0.2, 0.25) is 0 Å². The Hall–Kier alpha value is -3.88. The molecule has 3 heterocycles. The van der Waals surface area contributed by atoms with E-state index in [1.54, 1.807) is 11.7 Å². The Labute approximate surface area is 246 Å². The predicted molar refractivity (Wildman–Crippen MR) is 160 cm³/mol. The molecule has 0 fully saturated rings. The number of esters is 1. The number of ether oxygens (including phenoxy) is 4. The molecule has 8 heteroatoms. The van der Waals surface area contributed by atoms with Crippen molar-refractivity contribution >= 4 is 23.0 Å². The second-order valence-corrected chi connectivity index (χ2v) is 12.2. The van der Waals surface area contributed by atoms with E-state index < -0.39 is 11.7 Å². The second kappa shape index (κ2) is 11.1. The summed E-state index contributed by atoms with van der Waals surface area (Å²) in [6.45, 7) is 7.63. The fraction of sp³-hybridized carbons (Fsp3) is 0.412. The summed E-state index contributed by atoms with van der Waals surface area (Å²) in [5, 5.41) is 1.03. The Bertz CT molecular complexity index is 1590. The summed E-state index contributed by atoms with van der Waals surface area (Å²) in [4.78, 5) is 29.3. The van der Waals surface area contributed by atoms with Crippen molar-refractivity contribution in [2.75, 3.05) is 27.3 Å². The fourth-order valence-electron chi connectivity index (χ4n) is 6.54. The highest BCUT2D eigenvalue weighted by Gasteiger charge is 2.42. The number of hydrogen-bond acceptors (Lipinski definition) is 7. The minimum absolute atomic E-state index is 0.103. The average Bonchev–Trinajstić information content (AvgIpc) is 3.32. The monoisotopic (exact) mass is 570 g/mol. The molecule has 0 saturated heterocycles. The zero-order chi connectivity index (χ0) is 29.6. The van der Waals surface area contributed by atoms with Crippen LogP contribution in [0.1, 0.15) is 56.5 Å². The molecular weight excluding hydrogens is 532 g/mol. The van der Waals surface area contributed by atoms with Crippen LogP contribution in [0, 0.1) is 0 Å². The summed E-state index contributed by atoms with van der Waals surface area (Å²) >= 11 is 0. The second-order valence-electron chi connectivity index (χ2n) is 12.2. The topological polar surface area (TPSA) is 79.2 Å². The number of nitrogens with zero attached hydrogens (tertiary/aromatic N) is 2. The van der Waals surface area contributed by atoms with Crippen molar-refractivity contribution in [1.82, 2.24) is 9.47 Å². The summed E-state index contributed by atoms with van der Waals surface area (Å²) in [6.07, 6.45) is 3.39. The number of carbonyl (C=O) groups is 2. The van der Waals surface area contributed by atoms with Gasteiger partial charge >= 0.3 is 12.1 Å². The molecule has 1 aliphatic carbocycles. The van der Waals surface area contributed by atoms with Crippen molar-refractivity contribution < 1.29 is 28.5 Å². The largest absolute Gasteiger partial charge is 0.497 e. The van der Waals surface area contributed by atoms with Gasteiger partial charge in [0.1, 0.15) is 11.4 Å². The zero-order valence-electron chi connectivity index (χ0n) is 24.9. The summed E-state index contributed by atoms with van der Waals surface area (Å²) in [6, 6.07) is 15.8. The van der Waals surface area contributed by atoms with Gasteiger partial charge in [-0.1, -0.05) is 30.3 Å². The van der Waals surface area contributed by atoms with Gasteiger partial charge in [-0.2, -0.15) is 0 Å². The van der Waals surface area contributed by atoms with Crippen LogP contribution in [-0.4, -0.2) is 60.5 Å². The van der Waals surface area contributed by atoms with E-state index in [4.69, 9.17) is 18.9 Å². The molecule has 42 heavy (non-hydrogen) atoms. The standard InChI is InChI=1S/C34H38N2O6/c1-34(2,3)42-33(38)36-29-17-23(39-4)11-12-25(29)26-13-14-35-19-22-15-24(41-20-21-9-7-6-8-10-21)16-28(32(37)40-5)27(22)18-30(35)31(26)36/h6-12,16-17,24,30H,13-15,18-20H2,1-5H3/t24-,30+/m0/s1. The van der Waals surface area contributed by atoms with Crippen molar-refractivity contribution in [1.29, 1.82) is 0 Å². The molecule has 2 aliphatic heterocycles. The van der Waals surface area contributed by atoms with Gasteiger partial charge in [-0.05, 0) is 74.1 Å². The third kappa shape index (κ3) is 5.25. The molecule has 0 radical (unpaired) electrons. The van der Waals surface area contributed by atoms with Gasteiger partial charge in [0, 0.05) is 31.0 Å². The molecule has 220 valence electrons. The highest BCUT2D eigenvalue weighted by atomic mass is 16.6. The molecule has 6 rings (SSSR count). The minimum Gasteiger partial charge on any atom is -0.497 e. The summed E-state index contributed by atoms with van der Waals surface area (Å²) in [5.41, 5.74) is 6.02. The van der Waals surface area contributed by atoms with Gasteiger partial charge in [0.15, 0.2) is 0 Å². The molecular formula is C34H38N2O6. The van der Waals surface area contributed by atoms with Crippen LogP contribution in [0.5, 0.6) is 5.75 Å². The maximum Gasteiger partial charge on any atom is 0.419 e. The zero-order valence-corrected chi connectivity index (χ0v) is 24.9. The van der Waals surface area contributed by atoms with Crippen molar-refractivity contribution in [3.8, 4) is 5.75 Å². The van der Waals surface area contributed by atoms with Crippen molar-refractivity contribution in [3.63, 3.8) is 0 Å². The number of rotatable bonds is 5. The maximum atomic E-state index is 13.8. The molecule has 2 aromatic carbocycles. The van der Waals surface area contributed by atoms with E-state index in [0.717, 1.165) is 46.3 Å². The van der Waals surface area contributed by atoms with E-state index in [1.165, 1.54) is 12.7 Å². The third-order valence-electron chi connectivity index (χ3n) is 8.36. The van der Waals surface area contributed by atoms with Crippen LogP contribution in [-0.2, 0) is 32.0 Å². The van der Waals surface area contributed by atoms with Crippen LogP contribution >= 0.6 is 0 Å². The third-order valence-corrected chi connectivity index (χ3v) is 8.36. The Morgan fingerprint density at radius 2 is 1.81 bits per heavy atom. The molecule has 0 N–H and O–H groups in total. The van der Waals surface area contributed by atoms with Crippen LogP contribution in [0.4, 0.5) is 4.79 Å². The minimum atomic E-state index is -0.658. The van der Waals surface area contributed by atoms with Gasteiger partial charge < -0.3 is 18.9 Å². The van der Waals surface area contributed by atoms with Crippen LogP contribution in [0.3, 0.4) is 0 Å². The molecule has 2 atom stereocenters. The van der Waals surface area contributed by atoms with Crippen molar-refractivity contribution in [3.05, 3.63) is 88.1 Å². The quantitative estimate of drug-likeness (QED) is 0.342. The van der Waals surface area contributed by atoms with E-state index in [1.807, 2.05) is 75.4 Å². The van der Waals surface area contributed by atoms with Gasteiger partial charge in [0.25, 0.3) is 0 Å². The van der Waals surface area contributed by atoms with Crippen LogP contribution in [0.15, 0.2) is 71.3 Å². The van der Waals surface area contributed by atoms with Crippen molar-refractivity contribution in [2.45, 2.75) is 64.4 Å². The average molecular weight is 571 g/mol. The van der Waals surface area contributed by atoms with E-state index in [-0.39, 0.29) is 18.1 Å². The first-order valence-corrected chi connectivity index (χ1v) is 14.5. The number of methoxy groups -OCH3 is 2. The maximum absolute atomic E-state index is 13.8. The van der Waals surface area contributed by atoms with Crippen LogP contribution < -0.4 is 4.74 Å². The first kappa shape index (κ1) is 28.2. The summed E-state index contributed by atoms with van der Waals surface area (Å²) in [7, 11) is 3.04. The number of benzene rings is 2. The highest BCUT2D eigenvalue weighted by molar-refractivity contribution is 5.96. The molecule has 0 saturated carbocycles. The highest BCUT2D eigenvalue weighted by Crippen LogP contribution is 2.47. The molecule has 8 nitrogen and oxygen atoms in total. The SMILES string of the molecule is COC(=O)C1=C[C@@H](OCc2ccccc2)CC2=C1C[C@@H]1c3c(c4ccc(OC)cc4n3C(=O)OC(C)(C)C)CCN1C2. The first-order chi connectivity index (χ1) is 20.2. The Balaban J connectivity index is 1.39.